The van der Waals surface area contributed by atoms with Crippen molar-refractivity contribution in [2.24, 2.45) is 5.73 Å². The summed E-state index contributed by atoms with van der Waals surface area (Å²) in [5, 5.41) is 0. The van der Waals surface area contributed by atoms with Crippen LogP contribution in [0.5, 0.6) is 17.2 Å². The number of ether oxygens (including phenoxy) is 3. The van der Waals surface area contributed by atoms with Crippen LogP contribution in [0.15, 0.2) is 36.4 Å². The van der Waals surface area contributed by atoms with Gasteiger partial charge in [0.1, 0.15) is 18.2 Å². The molecular formula is C16H16FNO3. The van der Waals surface area contributed by atoms with Crippen LogP contribution in [0.25, 0.3) is 0 Å². The van der Waals surface area contributed by atoms with Gasteiger partial charge in [0.25, 0.3) is 0 Å². The fourth-order valence-electron chi connectivity index (χ4n) is 2.24. The molecule has 5 heteroatoms. The number of rotatable bonds is 5. The van der Waals surface area contributed by atoms with Crippen LogP contribution in [-0.2, 0) is 13.0 Å². The number of nitrogens with two attached hydrogens (primary N) is 1. The molecule has 4 nitrogen and oxygen atoms in total. The molecule has 3 rings (SSSR count). The maximum atomic E-state index is 13.2. The van der Waals surface area contributed by atoms with Crippen LogP contribution in [-0.4, -0.2) is 13.3 Å². The van der Waals surface area contributed by atoms with Crippen molar-refractivity contribution in [3.63, 3.8) is 0 Å². The van der Waals surface area contributed by atoms with Crippen molar-refractivity contribution in [3.05, 3.63) is 53.3 Å². The highest BCUT2D eigenvalue weighted by Gasteiger charge is 2.17. The van der Waals surface area contributed by atoms with Gasteiger partial charge in [0.2, 0.25) is 6.79 Å². The zero-order chi connectivity index (χ0) is 14.7. The first kappa shape index (κ1) is 13.7. The monoisotopic (exact) mass is 289 g/mol. The Morgan fingerprint density at radius 1 is 1.14 bits per heavy atom. The van der Waals surface area contributed by atoms with Crippen LogP contribution in [0.4, 0.5) is 4.39 Å². The van der Waals surface area contributed by atoms with Crippen LogP contribution in [0, 0.1) is 5.82 Å². The first-order valence-electron chi connectivity index (χ1n) is 6.76. The van der Waals surface area contributed by atoms with Gasteiger partial charge < -0.3 is 19.9 Å². The molecule has 1 aliphatic heterocycles. The molecule has 2 aromatic rings. The van der Waals surface area contributed by atoms with E-state index in [1.54, 1.807) is 12.1 Å². The Morgan fingerprint density at radius 2 is 1.95 bits per heavy atom. The van der Waals surface area contributed by atoms with Crippen LogP contribution >= 0.6 is 0 Å². The third-order valence-electron chi connectivity index (χ3n) is 3.25. The molecular weight excluding hydrogens is 273 g/mol. The quantitative estimate of drug-likeness (QED) is 0.919. The van der Waals surface area contributed by atoms with E-state index in [-0.39, 0.29) is 19.2 Å². The van der Waals surface area contributed by atoms with Gasteiger partial charge in [-0.3, -0.25) is 0 Å². The molecule has 0 atom stereocenters. The number of fused-ring (bicyclic) bond motifs is 1. The lowest BCUT2D eigenvalue weighted by molar-refractivity contribution is 0.173. The van der Waals surface area contributed by atoms with E-state index >= 15 is 0 Å². The summed E-state index contributed by atoms with van der Waals surface area (Å²) in [5.74, 6) is 1.78. The van der Waals surface area contributed by atoms with E-state index in [0.29, 0.717) is 30.2 Å². The first-order valence-corrected chi connectivity index (χ1v) is 6.76. The van der Waals surface area contributed by atoms with Gasteiger partial charge in [-0.05, 0) is 42.3 Å². The zero-order valence-electron chi connectivity index (χ0n) is 11.5. The van der Waals surface area contributed by atoms with Crippen LogP contribution in [0.2, 0.25) is 0 Å². The van der Waals surface area contributed by atoms with E-state index in [2.05, 4.69) is 0 Å². The van der Waals surface area contributed by atoms with E-state index in [0.717, 1.165) is 11.1 Å². The largest absolute Gasteiger partial charge is 0.488 e. The first-order chi connectivity index (χ1) is 10.3. The summed E-state index contributed by atoms with van der Waals surface area (Å²) < 4.78 is 29.7. The smallest absolute Gasteiger partial charge is 0.231 e. The summed E-state index contributed by atoms with van der Waals surface area (Å²) in [7, 11) is 0. The van der Waals surface area contributed by atoms with Gasteiger partial charge in [-0.1, -0.05) is 12.1 Å². The summed E-state index contributed by atoms with van der Waals surface area (Å²) in [4.78, 5) is 0. The molecule has 0 fully saturated rings. The standard InChI is InChI=1S/C16H16FNO3/c17-13-3-1-2-11(6-13)9-19-14-8-16-15(20-10-21-16)7-12(14)4-5-18/h1-3,6-8H,4-5,9-10,18H2. The van der Waals surface area contributed by atoms with Crippen molar-refractivity contribution in [1.82, 2.24) is 0 Å². The molecule has 1 heterocycles. The predicted octanol–water partition coefficient (Wildman–Crippen LogP) is 2.63. The van der Waals surface area contributed by atoms with E-state index in [9.17, 15) is 4.39 Å². The van der Waals surface area contributed by atoms with E-state index < -0.39 is 0 Å². The average molecular weight is 289 g/mol. The Balaban J connectivity index is 1.80. The minimum Gasteiger partial charge on any atom is -0.488 e. The topological polar surface area (TPSA) is 53.7 Å². The van der Waals surface area contributed by atoms with Gasteiger partial charge in [-0.2, -0.15) is 0 Å². The van der Waals surface area contributed by atoms with Crippen molar-refractivity contribution in [2.45, 2.75) is 13.0 Å². The molecule has 0 amide bonds. The highest BCUT2D eigenvalue weighted by Crippen LogP contribution is 2.38. The Bertz CT molecular complexity index is 645. The normalized spacial score (nSPS) is 12.5. The van der Waals surface area contributed by atoms with Gasteiger partial charge in [0.05, 0.1) is 0 Å². The third-order valence-corrected chi connectivity index (χ3v) is 3.25. The summed E-state index contributed by atoms with van der Waals surface area (Å²) in [6.45, 7) is 1.01. The van der Waals surface area contributed by atoms with Crippen molar-refractivity contribution in [2.75, 3.05) is 13.3 Å². The molecule has 0 saturated heterocycles. The van der Waals surface area contributed by atoms with Crippen LogP contribution in [0.1, 0.15) is 11.1 Å². The molecule has 0 bridgehead atoms. The lowest BCUT2D eigenvalue weighted by Crippen LogP contribution is -2.05. The molecule has 0 radical (unpaired) electrons. The number of hydrogen-bond donors (Lipinski definition) is 1. The number of halogens is 1. The second kappa shape index (κ2) is 6.01. The summed E-state index contributed by atoms with van der Waals surface area (Å²) in [6, 6.07) is 10.0. The highest BCUT2D eigenvalue weighted by molar-refractivity contribution is 5.52. The lowest BCUT2D eigenvalue weighted by Gasteiger charge is -2.12. The highest BCUT2D eigenvalue weighted by atomic mass is 19.1. The van der Waals surface area contributed by atoms with Crippen molar-refractivity contribution in [1.29, 1.82) is 0 Å². The summed E-state index contributed by atoms with van der Waals surface area (Å²) in [5.41, 5.74) is 7.35. The maximum absolute atomic E-state index is 13.2. The Labute approximate surface area is 122 Å². The van der Waals surface area contributed by atoms with Gasteiger partial charge >= 0.3 is 0 Å². The molecule has 0 aliphatic carbocycles. The fraction of sp³-hybridized carbons (Fsp3) is 0.250. The molecule has 1 aliphatic rings. The molecule has 21 heavy (non-hydrogen) atoms. The van der Waals surface area contributed by atoms with Gasteiger partial charge in [0, 0.05) is 6.07 Å². The van der Waals surface area contributed by atoms with Crippen molar-refractivity contribution >= 4 is 0 Å². The maximum Gasteiger partial charge on any atom is 0.231 e. The van der Waals surface area contributed by atoms with Gasteiger partial charge in [0.15, 0.2) is 11.5 Å². The molecule has 2 aromatic carbocycles. The fourth-order valence-corrected chi connectivity index (χ4v) is 2.24. The Kier molecular flexibility index (Phi) is 3.92. The third kappa shape index (κ3) is 3.08. The Morgan fingerprint density at radius 3 is 2.71 bits per heavy atom. The SMILES string of the molecule is NCCc1cc2c(cc1OCc1cccc(F)c1)OCO2. The zero-order valence-corrected chi connectivity index (χ0v) is 11.5. The predicted molar refractivity (Wildman–Crippen MR) is 76.1 cm³/mol. The number of hydrogen-bond acceptors (Lipinski definition) is 4. The van der Waals surface area contributed by atoms with Gasteiger partial charge in [-0.25, -0.2) is 4.39 Å². The van der Waals surface area contributed by atoms with Crippen LogP contribution < -0.4 is 19.9 Å². The molecule has 0 spiro atoms. The molecule has 2 N–H and O–H groups in total. The summed E-state index contributed by atoms with van der Waals surface area (Å²) >= 11 is 0. The molecule has 110 valence electrons. The number of benzene rings is 2. The van der Waals surface area contributed by atoms with Crippen LogP contribution in [0.3, 0.4) is 0 Å². The second-order valence-electron chi connectivity index (χ2n) is 4.77. The summed E-state index contributed by atoms with van der Waals surface area (Å²) in [6.07, 6.45) is 0.676. The molecule has 0 unspecified atom stereocenters. The lowest BCUT2D eigenvalue weighted by atomic mass is 10.1. The molecule has 0 saturated carbocycles. The van der Waals surface area contributed by atoms with Gasteiger partial charge in [-0.15, -0.1) is 0 Å². The molecule has 0 aromatic heterocycles. The average Bonchev–Trinajstić information content (AvgIpc) is 2.92. The van der Waals surface area contributed by atoms with E-state index in [1.807, 2.05) is 12.1 Å². The van der Waals surface area contributed by atoms with E-state index in [1.165, 1.54) is 12.1 Å². The Hall–Kier alpha value is -2.27. The minimum absolute atomic E-state index is 0.213. The second-order valence-corrected chi connectivity index (χ2v) is 4.77. The van der Waals surface area contributed by atoms with Crippen molar-refractivity contribution < 1.29 is 18.6 Å². The van der Waals surface area contributed by atoms with Crippen molar-refractivity contribution in [3.8, 4) is 17.2 Å². The minimum atomic E-state index is -0.274. The van der Waals surface area contributed by atoms with E-state index in [4.69, 9.17) is 19.9 Å².